The summed E-state index contributed by atoms with van der Waals surface area (Å²) >= 11 is 0. The van der Waals surface area contributed by atoms with E-state index < -0.39 is 0 Å². The first kappa shape index (κ1) is 17.0. The molecule has 0 bridgehead atoms. The lowest BCUT2D eigenvalue weighted by molar-refractivity contribution is 0.120. The van der Waals surface area contributed by atoms with E-state index in [9.17, 15) is 4.79 Å². The third kappa shape index (κ3) is 5.42. The van der Waals surface area contributed by atoms with E-state index >= 15 is 0 Å². The van der Waals surface area contributed by atoms with Gasteiger partial charge in [0.15, 0.2) is 11.3 Å². The summed E-state index contributed by atoms with van der Waals surface area (Å²) in [7, 11) is 0. The van der Waals surface area contributed by atoms with Gasteiger partial charge in [-0.3, -0.25) is 4.79 Å². The van der Waals surface area contributed by atoms with Gasteiger partial charge in [-0.05, 0) is 18.1 Å². The van der Waals surface area contributed by atoms with E-state index in [2.05, 4.69) is 13.5 Å². The van der Waals surface area contributed by atoms with Gasteiger partial charge in [0.1, 0.15) is 6.26 Å². The van der Waals surface area contributed by atoms with Crippen LogP contribution in [0.2, 0.25) is 0 Å². The van der Waals surface area contributed by atoms with Crippen LogP contribution in [0.25, 0.3) is 5.57 Å². The Morgan fingerprint density at radius 2 is 2.04 bits per heavy atom. The number of nitrogens with zero attached hydrogens (tertiary/aromatic N) is 1. The number of rotatable bonds is 4. The molecule has 0 saturated carbocycles. The Balaban J connectivity index is 2.45. The molecule has 4 nitrogen and oxygen atoms in total. The van der Waals surface area contributed by atoms with Gasteiger partial charge in [0, 0.05) is 24.7 Å². The minimum atomic E-state index is -0.0994. The molecule has 0 atom stereocenters. The number of anilines is 1. The molecule has 0 N–H and O–H groups in total. The number of ether oxygens (including phenoxy) is 1. The molecule has 0 spiro atoms. The van der Waals surface area contributed by atoms with E-state index in [1.807, 2.05) is 29.2 Å². The molecule has 0 unspecified atom stereocenters. The minimum Gasteiger partial charge on any atom is -0.448 e. The first-order valence-corrected chi connectivity index (χ1v) is 7.86. The van der Waals surface area contributed by atoms with Crippen molar-refractivity contribution >= 4 is 11.5 Å². The van der Waals surface area contributed by atoms with Gasteiger partial charge >= 0.3 is 0 Å². The first-order chi connectivity index (χ1) is 11.2. The number of hydrogen-bond donors (Lipinski definition) is 0. The van der Waals surface area contributed by atoms with Crippen molar-refractivity contribution in [3.05, 3.63) is 71.1 Å². The van der Waals surface area contributed by atoms with Gasteiger partial charge in [-0.15, -0.1) is 0 Å². The van der Waals surface area contributed by atoms with Gasteiger partial charge in [-0.1, -0.05) is 43.9 Å². The Morgan fingerprint density at radius 1 is 1.30 bits per heavy atom. The molecule has 1 fully saturated rings. The van der Waals surface area contributed by atoms with Crippen molar-refractivity contribution in [2.45, 2.75) is 13.3 Å². The highest BCUT2D eigenvalue weighted by molar-refractivity contribution is 5.70. The fourth-order valence-electron chi connectivity index (χ4n) is 2.17. The van der Waals surface area contributed by atoms with Crippen LogP contribution in [-0.4, -0.2) is 26.3 Å². The van der Waals surface area contributed by atoms with Gasteiger partial charge in [-0.25, -0.2) is 0 Å². The van der Waals surface area contributed by atoms with Crippen LogP contribution in [0.3, 0.4) is 0 Å². The largest absolute Gasteiger partial charge is 0.448 e. The van der Waals surface area contributed by atoms with Crippen LogP contribution < -0.4 is 10.3 Å². The van der Waals surface area contributed by atoms with E-state index in [0.29, 0.717) is 32.2 Å². The van der Waals surface area contributed by atoms with E-state index in [0.717, 1.165) is 17.6 Å². The molecule has 23 heavy (non-hydrogen) atoms. The molecule has 1 aliphatic heterocycles. The van der Waals surface area contributed by atoms with Gasteiger partial charge in [0.2, 0.25) is 0 Å². The van der Waals surface area contributed by atoms with Gasteiger partial charge in [0.25, 0.3) is 0 Å². The molecule has 122 valence electrons. The summed E-state index contributed by atoms with van der Waals surface area (Å²) in [4.78, 5) is 13.9. The minimum absolute atomic E-state index is 0.0994. The third-order valence-electron chi connectivity index (χ3n) is 3.47. The summed E-state index contributed by atoms with van der Waals surface area (Å²) in [6.07, 6.45) is 6.61. The van der Waals surface area contributed by atoms with Crippen LogP contribution in [0.4, 0.5) is 5.88 Å². The summed E-state index contributed by atoms with van der Waals surface area (Å²) < 4.78 is 11.2. The van der Waals surface area contributed by atoms with Crippen molar-refractivity contribution in [3.8, 4) is 0 Å². The number of morpholine rings is 1. The Morgan fingerprint density at radius 3 is 2.78 bits per heavy atom. The average molecular weight is 313 g/mol. The molecule has 0 aliphatic carbocycles. The molecule has 2 rings (SSSR count). The lowest BCUT2D eigenvalue weighted by Gasteiger charge is -2.26. The number of allylic oxidation sites excluding steroid dienone is 3. The van der Waals surface area contributed by atoms with Crippen molar-refractivity contribution in [2.24, 2.45) is 0 Å². The summed E-state index contributed by atoms with van der Waals surface area (Å²) in [6, 6.07) is 8.46. The van der Waals surface area contributed by atoms with Gasteiger partial charge in [0.05, 0.1) is 13.2 Å². The monoisotopic (exact) mass is 313 g/mol. The smallest absolute Gasteiger partial charge is 0.199 e. The molecule has 0 amide bonds. The second-order valence-corrected chi connectivity index (χ2v) is 5.23. The molecule has 1 aromatic rings. The molecule has 0 aromatic carbocycles. The van der Waals surface area contributed by atoms with E-state index in [1.165, 1.54) is 12.1 Å². The summed E-state index contributed by atoms with van der Waals surface area (Å²) in [6.45, 7) is 8.82. The fraction of sp³-hybridized carbons (Fsp3) is 0.316. The standard InChI is InChI=1S/C19H23NO3/c1-3-4-7-16(2)17-8-5-6-9-18(21)14-19(23-15-17)20-10-12-22-13-11-20/h4-9,14-15H,2-3,10-13H2,1H3/b7-4-,8-5?,9-6?,17-15?,19-14?. The maximum Gasteiger partial charge on any atom is 0.199 e. The summed E-state index contributed by atoms with van der Waals surface area (Å²) in [5.74, 6) is 0.544. The van der Waals surface area contributed by atoms with Crippen LogP contribution in [0.15, 0.2) is 64.5 Å². The van der Waals surface area contributed by atoms with Crippen LogP contribution in [-0.2, 0) is 4.74 Å². The van der Waals surface area contributed by atoms with Crippen LogP contribution >= 0.6 is 0 Å². The highest BCUT2D eigenvalue weighted by Crippen LogP contribution is 2.16. The van der Waals surface area contributed by atoms with Crippen LogP contribution in [0.5, 0.6) is 0 Å². The predicted octanol–water partition coefficient (Wildman–Crippen LogP) is 3.58. The van der Waals surface area contributed by atoms with Gasteiger partial charge in [-0.2, -0.15) is 0 Å². The molecule has 0 radical (unpaired) electrons. The topological polar surface area (TPSA) is 42.7 Å². The maximum atomic E-state index is 11.9. The predicted molar refractivity (Wildman–Crippen MR) is 94.1 cm³/mol. The normalized spacial score (nSPS) is 14.6. The quantitative estimate of drug-likeness (QED) is 0.797. The summed E-state index contributed by atoms with van der Waals surface area (Å²) in [5.41, 5.74) is 1.63. The zero-order valence-corrected chi connectivity index (χ0v) is 13.5. The molecular weight excluding hydrogens is 290 g/mol. The molecule has 4 heteroatoms. The highest BCUT2D eigenvalue weighted by atomic mass is 16.5. The molecule has 1 aromatic heterocycles. The highest BCUT2D eigenvalue weighted by Gasteiger charge is 2.12. The van der Waals surface area contributed by atoms with Crippen molar-refractivity contribution in [3.63, 3.8) is 0 Å². The Hall–Kier alpha value is -2.33. The maximum absolute atomic E-state index is 11.9. The van der Waals surface area contributed by atoms with Gasteiger partial charge < -0.3 is 14.1 Å². The molecular formula is C19H23NO3. The summed E-state index contributed by atoms with van der Waals surface area (Å²) in [5, 5.41) is 0. The second kappa shape index (κ2) is 8.96. The average Bonchev–Trinajstić information content (AvgIpc) is 2.58. The van der Waals surface area contributed by atoms with Crippen molar-refractivity contribution in [1.29, 1.82) is 0 Å². The zero-order chi connectivity index (χ0) is 16.5. The zero-order valence-electron chi connectivity index (χ0n) is 13.5. The van der Waals surface area contributed by atoms with E-state index in [1.54, 1.807) is 12.3 Å². The molecule has 2 heterocycles. The van der Waals surface area contributed by atoms with Crippen LogP contribution in [0, 0.1) is 0 Å². The van der Waals surface area contributed by atoms with Crippen molar-refractivity contribution in [2.75, 3.05) is 31.2 Å². The lowest BCUT2D eigenvalue weighted by Crippen LogP contribution is -2.36. The SMILES string of the molecule is C=C(/C=C\CC)c1ccccc(=O)cc(N2CCOCC2)oc1. The Bertz CT molecular complexity index is 668. The van der Waals surface area contributed by atoms with Crippen LogP contribution in [0.1, 0.15) is 18.9 Å². The first-order valence-electron chi connectivity index (χ1n) is 7.86. The van der Waals surface area contributed by atoms with E-state index in [4.69, 9.17) is 9.15 Å². The van der Waals surface area contributed by atoms with E-state index in [-0.39, 0.29) is 5.43 Å². The Labute approximate surface area is 137 Å². The Kier molecular flexibility index (Phi) is 6.63. The van der Waals surface area contributed by atoms with Crippen molar-refractivity contribution < 1.29 is 9.15 Å². The second-order valence-electron chi connectivity index (χ2n) is 5.23. The molecule has 1 aliphatic rings. The molecule has 1 saturated heterocycles. The van der Waals surface area contributed by atoms with Crippen molar-refractivity contribution in [1.82, 2.24) is 0 Å². The number of hydrogen-bond acceptors (Lipinski definition) is 4. The lowest BCUT2D eigenvalue weighted by atomic mass is 10.1. The third-order valence-corrected chi connectivity index (χ3v) is 3.47. The fourth-order valence-corrected chi connectivity index (χ4v) is 2.17.